The maximum Gasteiger partial charge on any atom is 0.251 e. The van der Waals surface area contributed by atoms with Crippen molar-refractivity contribution >= 4 is 5.91 Å². The van der Waals surface area contributed by atoms with E-state index in [0.29, 0.717) is 18.2 Å². The van der Waals surface area contributed by atoms with E-state index in [9.17, 15) is 13.6 Å². The van der Waals surface area contributed by atoms with Crippen LogP contribution in [0.15, 0.2) is 60.7 Å². The molecule has 2 N–H and O–H groups in total. The fourth-order valence-electron chi connectivity index (χ4n) is 5.29. The average molecular weight is 550 g/mol. The molecule has 216 valence electrons. The van der Waals surface area contributed by atoms with Crippen LogP contribution in [-0.4, -0.2) is 37.0 Å². The van der Waals surface area contributed by atoms with Crippen molar-refractivity contribution < 1.29 is 13.6 Å². The first-order valence-corrected chi connectivity index (χ1v) is 14.5. The summed E-state index contributed by atoms with van der Waals surface area (Å²) in [6.07, 6.45) is 7.58. The summed E-state index contributed by atoms with van der Waals surface area (Å²) in [4.78, 5) is 15.2. The number of halogens is 2. The molecule has 1 aliphatic rings. The van der Waals surface area contributed by atoms with E-state index in [1.165, 1.54) is 60.9 Å². The number of carbonyl (C=O) groups excluding carboxylic acids is 1. The fourth-order valence-corrected chi connectivity index (χ4v) is 5.29. The first-order valence-electron chi connectivity index (χ1n) is 14.5. The van der Waals surface area contributed by atoms with Crippen molar-refractivity contribution in [2.45, 2.75) is 78.4 Å². The van der Waals surface area contributed by atoms with E-state index in [4.69, 9.17) is 0 Å². The Morgan fingerprint density at radius 1 is 0.825 bits per heavy atom. The van der Waals surface area contributed by atoms with E-state index in [2.05, 4.69) is 72.8 Å². The van der Waals surface area contributed by atoms with Crippen molar-refractivity contribution in [2.75, 3.05) is 20.1 Å². The van der Waals surface area contributed by atoms with Crippen LogP contribution >= 0.6 is 0 Å². The number of hydrogen-bond donors (Lipinski definition) is 2. The van der Waals surface area contributed by atoms with Gasteiger partial charge in [0.25, 0.3) is 5.91 Å². The highest BCUT2D eigenvalue weighted by Crippen LogP contribution is 2.23. The highest BCUT2D eigenvalue weighted by atomic mass is 19.1. The maximum absolute atomic E-state index is 12.7. The molecule has 1 saturated carbocycles. The lowest BCUT2D eigenvalue weighted by atomic mass is 9.94. The van der Waals surface area contributed by atoms with Crippen LogP contribution in [0, 0.1) is 32.4 Å². The molecule has 1 amide bonds. The molecule has 0 aromatic heterocycles. The Morgan fingerprint density at radius 2 is 1.50 bits per heavy atom. The van der Waals surface area contributed by atoms with E-state index in [0.717, 1.165) is 43.2 Å². The van der Waals surface area contributed by atoms with Gasteiger partial charge in [0.1, 0.15) is 11.6 Å². The van der Waals surface area contributed by atoms with Crippen molar-refractivity contribution in [2.24, 2.45) is 0 Å². The van der Waals surface area contributed by atoms with E-state index in [1.807, 2.05) is 6.07 Å². The third kappa shape index (κ3) is 11.2. The summed E-state index contributed by atoms with van der Waals surface area (Å²) >= 11 is 0. The average Bonchev–Trinajstić information content (AvgIpc) is 2.90. The molecule has 0 bridgehead atoms. The molecule has 4 nitrogen and oxygen atoms in total. The van der Waals surface area contributed by atoms with Gasteiger partial charge in [-0.25, -0.2) is 8.78 Å². The van der Waals surface area contributed by atoms with Crippen LogP contribution in [0.2, 0.25) is 0 Å². The van der Waals surface area contributed by atoms with E-state index in [1.54, 1.807) is 6.92 Å². The molecule has 6 heteroatoms. The molecule has 0 heterocycles. The minimum absolute atomic E-state index is 0.0314. The lowest BCUT2D eigenvalue weighted by Crippen LogP contribution is -2.33. The predicted octanol–water partition coefficient (Wildman–Crippen LogP) is 7.25. The summed E-state index contributed by atoms with van der Waals surface area (Å²) < 4.78 is 24.4. The van der Waals surface area contributed by atoms with Crippen molar-refractivity contribution in [3.05, 3.63) is 106 Å². The number of rotatable bonds is 10. The first kappa shape index (κ1) is 31.4. The van der Waals surface area contributed by atoms with Crippen LogP contribution in [0.25, 0.3) is 0 Å². The second-order valence-corrected chi connectivity index (χ2v) is 11.1. The van der Waals surface area contributed by atoms with Crippen LogP contribution in [0.5, 0.6) is 0 Å². The molecule has 0 saturated heterocycles. The second kappa shape index (κ2) is 16.2. The van der Waals surface area contributed by atoms with Crippen LogP contribution in [-0.2, 0) is 13.1 Å². The number of nitrogens with one attached hydrogen (secondary N) is 2. The van der Waals surface area contributed by atoms with Gasteiger partial charge in [-0.05, 0) is 94.6 Å². The Bertz CT molecular complexity index is 1170. The van der Waals surface area contributed by atoms with Gasteiger partial charge >= 0.3 is 0 Å². The zero-order valence-electron chi connectivity index (χ0n) is 24.5. The Hall–Kier alpha value is -3.09. The Balaban J connectivity index is 0.000000415. The monoisotopic (exact) mass is 549 g/mol. The number of amides is 1. The molecule has 0 spiro atoms. The molecular weight excluding hydrogens is 504 g/mol. The number of benzene rings is 3. The van der Waals surface area contributed by atoms with Gasteiger partial charge in [-0.15, -0.1) is 0 Å². The molecular formula is C34H45F2N3O. The summed E-state index contributed by atoms with van der Waals surface area (Å²) in [6.45, 7) is 9.19. The van der Waals surface area contributed by atoms with E-state index < -0.39 is 11.6 Å². The standard InChI is InChI=1S/C27H39N3O.C7H6F2/c1-21-9-7-10-23(15-21)19-28-13-8-14-29-27(31)25-17-22(2)16-24(18-25)20-30(3)26-11-5-4-6-12-26;1-5-2-6(8)4-7(9)3-5/h7,9-10,15-18,26,28H,4-6,8,11-14,19-20H2,1-3H3,(H,29,31);2-4H,1H3. The quantitative estimate of drug-likeness (QED) is 0.262. The van der Waals surface area contributed by atoms with Gasteiger partial charge < -0.3 is 10.6 Å². The lowest BCUT2D eigenvalue weighted by Gasteiger charge is -2.31. The zero-order chi connectivity index (χ0) is 28.9. The Labute approximate surface area is 239 Å². The molecule has 4 rings (SSSR count). The highest BCUT2D eigenvalue weighted by molar-refractivity contribution is 5.94. The molecule has 1 fully saturated rings. The van der Waals surface area contributed by atoms with Gasteiger partial charge in [-0.1, -0.05) is 60.7 Å². The molecule has 3 aromatic carbocycles. The van der Waals surface area contributed by atoms with Crippen LogP contribution in [0.1, 0.15) is 76.7 Å². The summed E-state index contributed by atoms with van der Waals surface area (Å²) in [6, 6.07) is 18.9. The molecule has 40 heavy (non-hydrogen) atoms. The lowest BCUT2D eigenvalue weighted by molar-refractivity contribution is 0.0953. The molecule has 0 radical (unpaired) electrons. The maximum atomic E-state index is 12.7. The summed E-state index contributed by atoms with van der Waals surface area (Å²) in [5, 5.41) is 6.54. The molecule has 0 atom stereocenters. The topological polar surface area (TPSA) is 44.4 Å². The number of nitrogens with zero attached hydrogens (tertiary/aromatic N) is 1. The van der Waals surface area contributed by atoms with Gasteiger partial charge in [0, 0.05) is 37.3 Å². The van der Waals surface area contributed by atoms with Crippen LogP contribution in [0.4, 0.5) is 8.78 Å². The largest absolute Gasteiger partial charge is 0.352 e. The summed E-state index contributed by atoms with van der Waals surface area (Å²) in [7, 11) is 2.22. The Morgan fingerprint density at radius 3 is 2.17 bits per heavy atom. The van der Waals surface area contributed by atoms with E-state index >= 15 is 0 Å². The normalized spacial score (nSPS) is 13.6. The minimum Gasteiger partial charge on any atom is -0.352 e. The van der Waals surface area contributed by atoms with E-state index in [-0.39, 0.29) is 5.91 Å². The van der Waals surface area contributed by atoms with Gasteiger partial charge in [0.15, 0.2) is 0 Å². The predicted molar refractivity (Wildman–Crippen MR) is 160 cm³/mol. The van der Waals surface area contributed by atoms with Gasteiger partial charge in [-0.3, -0.25) is 9.69 Å². The second-order valence-electron chi connectivity index (χ2n) is 11.1. The zero-order valence-corrected chi connectivity index (χ0v) is 24.5. The molecule has 3 aromatic rings. The minimum atomic E-state index is -0.521. The van der Waals surface area contributed by atoms with Crippen molar-refractivity contribution in [1.82, 2.24) is 15.5 Å². The molecule has 1 aliphatic carbocycles. The summed E-state index contributed by atoms with van der Waals surface area (Å²) in [5.41, 5.74) is 6.35. The highest BCUT2D eigenvalue weighted by Gasteiger charge is 2.18. The van der Waals surface area contributed by atoms with Gasteiger partial charge in [-0.2, -0.15) is 0 Å². The number of aryl methyl sites for hydroxylation is 3. The third-order valence-corrected chi connectivity index (χ3v) is 7.26. The summed E-state index contributed by atoms with van der Waals surface area (Å²) in [5.74, 6) is -1.01. The van der Waals surface area contributed by atoms with Crippen LogP contribution < -0.4 is 10.6 Å². The van der Waals surface area contributed by atoms with Gasteiger partial charge in [0.2, 0.25) is 0 Å². The van der Waals surface area contributed by atoms with Crippen molar-refractivity contribution in [1.29, 1.82) is 0 Å². The smallest absolute Gasteiger partial charge is 0.251 e. The SMILES string of the molecule is Cc1cc(F)cc(F)c1.Cc1cccc(CNCCCNC(=O)c2cc(C)cc(CN(C)C3CCCCC3)c2)c1. The van der Waals surface area contributed by atoms with Crippen LogP contribution in [0.3, 0.4) is 0 Å². The first-order chi connectivity index (χ1) is 19.2. The Kier molecular flexibility index (Phi) is 12.8. The van der Waals surface area contributed by atoms with Crippen molar-refractivity contribution in [3.8, 4) is 0 Å². The molecule has 0 aliphatic heterocycles. The number of hydrogen-bond acceptors (Lipinski definition) is 3. The van der Waals surface area contributed by atoms with Crippen molar-refractivity contribution in [3.63, 3.8) is 0 Å². The fraction of sp³-hybridized carbons (Fsp3) is 0.441. The third-order valence-electron chi connectivity index (χ3n) is 7.26. The molecule has 0 unspecified atom stereocenters. The van der Waals surface area contributed by atoms with Gasteiger partial charge in [0.05, 0.1) is 0 Å². The number of carbonyl (C=O) groups is 1.